The van der Waals surface area contributed by atoms with Crippen LogP contribution in [-0.4, -0.2) is 6.54 Å². The first-order chi connectivity index (χ1) is 9.20. The van der Waals surface area contributed by atoms with E-state index in [1.807, 2.05) is 30.3 Å². The van der Waals surface area contributed by atoms with Crippen molar-refractivity contribution in [3.8, 4) is 5.75 Å². The Bertz CT molecular complexity index is 511. The molecule has 0 aliphatic carbocycles. The van der Waals surface area contributed by atoms with Gasteiger partial charge in [-0.25, -0.2) is 0 Å². The van der Waals surface area contributed by atoms with E-state index in [1.54, 1.807) is 6.26 Å². The SMILES string of the molecule is CCNC(C)c1ccc(OCc2ccco2)cc1Cl. The van der Waals surface area contributed by atoms with Crippen molar-refractivity contribution in [1.29, 1.82) is 0 Å². The van der Waals surface area contributed by atoms with Gasteiger partial charge in [-0.2, -0.15) is 0 Å². The topological polar surface area (TPSA) is 34.4 Å². The van der Waals surface area contributed by atoms with Gasteiger partial charge in [-0.15, -0.1) is 0 Å². The summed E-state index contributed by atoms with van der Waals surface area (Å²) in [5.74, 6) is 1.54. The Morgan fingerprint density at radius 2 is 2.21 bits per heavy atom. The fraction of sp³-hybridized carbons (Fsp3) is 0.333. The van der Waals surface area contributed by atoms with E-state index < -0.39 is 0 Å². The average molecular weight is 280 g/mol. The number of ether oxygens (including phenoxy) is 1. The quantitative estimate of drug-likeness (QED) is 0.861. The van der Waals surface area contributed by atoms with Crippen LogP contribution in [0, 0.1) is 0 Å². The molecule has 2 rings (SSSR count). The second-order valence-corrected chi connectivity index (χ2v) is 4.74. The van der Waals surface area contributed by atoms with E-state index >= 15 is 0 Å². The van der Waals surface area contributed by atoms with Crippen molar-refractivity contribution in [2.45, 2.75) is 26.5 Å². The first kappa shape index (κ1) is 14.0. The van der Waals surface area contributed by atoms with E-state index in [0.29, 0.717) is 11.6 Å². The molecule has 4 heteroatoms. The van der Waals surface area contributed by atoms with E-state index in [1.165, 1.54) is 0 Å². The van der Waals surface area contributed by atoms with Crippen LogP contribution in [-0.2, 0) is 6.61 Å². The lowest BCUT2D eigenvalue weighted by Gasteiger charge is -2.15. The van der Waals surface area contributed by atoms with Crippen molar-refractivity contribution in [1.82, 2.24) is 5.32 Å². The highest BCUT2D eigenvalue weighted by atomic mass is 35.5. The highest BCUT2D eigenvalue weighted by molar-refractivity contribution is 6.31. The minimum atomic E-state index is 0.233. The van der Waals surface area contributed by atoms with E-state index in [0.717, 1.165) is 23.6 Å². The molecule has 102 valence electrons. The van der Waals surface area contributed by atoms with Gasteiger partial charge in [0.2, 0.25) is 0 Å². The highest BCUT2D eigenvalue weighted by Crippen LogP contribution is 2.27. The largest absolute Gasteiger partial charge is 0.486 e. The molecule has 0 saturated carbocycles. The van der Waals surface area contributed by atoms with Crippen LogP contribution < -0.4 is 10.1 Å². The van der Waals surface area contributed by atoms with E-state index in [4.69, 9.17) is 20.8 Å². The number of hydrogen-bond donors (Lipinski definition) is 1. The predicted molar refractivity (Wildman–Crippen MR) is 76.6 cm³/mol. The minimum Gasteiger partial charge on any atom is -0.486 e. The van der Waals surface area contributed by atoms with Gasteiger partial charge in [0.25, 0.3) is 0 Å². The molecule has 0 aliphatic rings. The second kappa shape index (κ2) is 6.64. The molecule has 1 N–H and O–H groups in total. The van der Waals surface area contributed by atoms with Gasteiger partial charge in [0.15, 0.2) is 0 Å². The second-order valence-electron chi connectivity index (χ2n) is 4.33. The Labute approximate surface area is 118 Å². The van der Waals surface area contributed by atoms with Gasteiger partial charge in [-0.3, -0.25) is 0 Å². The normalized spacial score (nSPS) is 12.4. The van der Waals surface area contributed by atoms with E-state index in [2.05, 4.69) is 19.2 Å². The zero-order valence-corrected chi connectivity index (χ0v) is 11.9. The van der Waals surface area contributed by atoms with Crippen molar-refractivity contribution in [3.05, 3.63) is 52.9 Å². The van der Waals surface area contributed by atoms with Crippen molar-refractivity contribution in [2.24, 2.45) is 0 Å². The van der Waals surface area contributed by atoms with Crippen molar-refractivity contribution in [3.63, 3.8) is 0 Å². The van der Waals surface area contributed by atoms with Gasteiger partial charge in [0, 0.05) is 11.1 Å². The zero-order valence-electron chi connectivity index (χ0n) is 11.2. The maximum Gasteiger partial charge on any atom is 0.146 e. The third-order valence-electron chi connectivity index (χ3n) is 2.91. The molecule has 0 fully saturated rings. The van der Waals surface area contributed by atoms with Gasteiger partial charge in [-0.05, 0) is 43.3 Å². The molecule has 1 aromatic carbocycles. The Kier molecular flexibility index (Phi) is 4.88. The minimum absolute atomic E-state index is 0.233. The smallest absolute Gasteiger partial charge is 0.146 e. The lowest BCUT2D eigenvalue weighted by atomic mass is 10.1. The van der Waals surface area contributed by atoms with Crippen LogP contribution in [0.25, 0.3) is 0 Å². The van der Waals surface area contributed by atoms with Crippen molar-refractivity contribution < 1.29 is 9.15 Å². The molecule has 0 saturated heterocycles. The predicted octanol–water partition coefficient (Wildman–Crippen LogP) is 4.18. The summed E-state index contributed by atoms with van der Waals surface area (Å²) in [5, 5.41) is 4.05. The molecule has 1 atom stereocenters. The molecular weight excluding hydrogens is 262 g/mol. The highest BCUT2D eigenvalue weighted by Gasteiger charge is 2.09. The molecule has 0 spiro atoms. The maximum atomic E-state index is 6.28. The number of furan rings is 1. The first-order valence-electron chi connectivity index (χ1n) is 6.38. The van der Waals surface area contributed by atoms with Crippen molar-refractivity contribution in [2.75, 3.05) is 6.54 Å². The summed E-state index contributed by atoms with van der Waals surface area (Å²) in [7, 11) is 0. The Balaban J connectivity index is 2.02. The molecule has 0 bridgehead atoms. The first-order valence-corrected chi connectivity index (χ1v) is 6.76. The molecule has 0 aliphatic heterocycles. The van der Waals surface area contributed by atoms with Gasteiger partial charge in [-0.1, -0.05) is 24.6 Å². The van der Waals surface area contributed by atoms with E-state index in [-0.39, 0.29) is 6.04 Å². The van der Waals surface area contributed by atoms with Gasteiger partial charge in [0.1, 0.15) is 18.1 Å². The summed E-state index contributed by atoms with van der Waals surface area (Å²) >= 11 is 6.28. The number of rotatable bonds is 6. The van der Waals surface area contributed by atoms with Crippen LogP contribution >= 0.6 is 11.6 Å². The van der Waals surface area contributed by atoms with Crippen LogP contribution in [0.15, 0.2) is 41.0 Å². The Morgan fingerprint density at radius 3 is 2.84 bits per heavy atom. The summed E-state index contributed by atoms with van der Waals surface area (Å²) < 4.78 is 10.8. The van der Waals surface area contributed by atoms with Crippen LogP contribution in [0.1, 0.15) is 31.2 Å². The fourth-order valence-electron chi connectivity index (χ4n) is 1.91. The maximum absolute atomic E-state index is 6.28. The average Bonchev–Trinajstić information content (AvgIpc) is 2.89. The molecular formula is C15H18ClNO2. The molecule has 3 nitrogen and oxygen atoms in total. The lowest BCUT2D eigenvalue weighted by molar-refractivity contribution is 0.270. The molecule has 19 heavy (non-hydrogen) atoms. The summed E-state index contributed by atoms with van der Waals surface area (Å²) in [4.78, 5) is 0. The molecule has 0 radical (unpaired) electrons. The summed E-state index contributed by atoms with van der Waals surface area (Å²) in [6.45, 7) is 5.49. The summed E-state index contributed by atoms with van der Waals surface area (Å²) in [6, 6.07) is 9.71. The van der Waals surface area contributed by atoms with Crippen LogP contribution in [0.4, 0.5) is 0 Å². The zero-order chi connectivity index (χ0) is 13.7. The Hall–Kier alpha value is -1.45. The fourth-order valence-corrected chi connectivity index (χ4v) is 2.25. The van der Waals surface area contributed by atoms with Crippen LogP contribution in [0.2, 0.25) is 5.02 Å². The molecule has 1 unspecified atom stereocenters. The standard InChI is InChI=1S/C15H18ClNO2/c1-3-17-11(2)14-7-6-12(9-15(14)16)19-10-13-5-4-8-18-13/h4-9,11,17H,3,10H2,1-2H3. The van der Waals surface area contributed by atoms with Crippen LogP contribution in [0.5, 0.6) is 5.75 Å². The molecule has 2 aromatic rings. The summed E-state index contributed by atoms with van der Waals surface area (Å²) in [5.41, 5.74) is 1.08. The van der Waals surface area contributed by atoms with Crippen LogP contribution in [0.3, 0.4) is 0 Å². The third-order valence-corrected chi connectivity index (χ3v) is 3.24. The van der Waals surface area contributed by atoms with Gasteiger partial charge in [0.05, 0.1) is 6.26 Å². The lowest BCUT2D eigenvalue weighted by Crippen LogP contribution is -2.17. The molecule has 0 amide bonds. The van der Waals surface area contributed by atoms with Crippen molar-refractivity contribution >= 4 is 11.6 Å². The van der Waals surface area contributed by atoms with Gasteiger partial charge < -0.3 is 14.5 Å². The van der Waals surface area contributed by atoms with E-state index in [9.17, 15) is 0 Å². The number of halogens is 1. The molecule has 1 heterocycles. The number of hydrogen-bond acceptors (Lipinski definition) is 3. The number of nitrogens with one attached hydrogen (secondary N) is 1. The molecule has 1 aromatic heterocycles. The number of benzene rings is 1. The summed E-state index contributed by atoms with van der Waals surface area (Å²) in [6.07, 6.45) is 1.63. The third kappa shape index (κ3) is 3.75. The Morgan fingerprint density at radius 1 is 1.37 bits per heavy atom. The van der Waals surface area contributed by atoms with Gasteiger partial charge >= 0.3 is 0 Å². The monoisotopic (exact) mass is 279 g/mol.